The highest BCUT2D eigenvalue weighted by atomic mass is 31.3. The van der Waals surface area contributed by atoms with E-state index in [2.05, 4.69) is 55.6 Å². The molecule has 4 aliphatic heterocycles. The van der Waals surface area contributed by atoms with Gasteiger partial charge >= 0.3 is 0 Å². The van der Waals surface area contributed by atoms with Gasteiger partial charge < -0.3 is 0 Å². The molecule has 0 saturated carbocycles. The van der Waals surface area contributed by atoms with Crippen molar-refractivity contribution < 1.29 is 12.9 Å². The summed E-state index contributed by atoms with van der Waals surface area (Å²) in [6.45, 7) is 14.1. The molecule has 0 aromatic carbocycles. The first-order chi connectivity index (χ1) is 14.4. The van der Waals surface area contributed by atoms with Crippen LogP contribution in [-0.4, -0.2) is 50.3 Å². The SMILES string of the molecule is C[C@@H]1CCC[C@H](C)N1P1OP(N2[C@H](C)CCC[C@@H]2C)OP(N2[C@H](C)CCC[C@@H]2C)O1. The van der Waals surface area contributed by atoms with Crippen LogP contribution < -0.4 is 0 Å². The van der Waals surface area contributed by atoms with E-state index < -0.39 is 25.6 Å². The molecule has 4 heterocycles. The summed E-state index contributed by atoms with van der Waals surface area (Å²) < 4.78 is 28.0. The lowest BCUT2D eigenvalue weighted by molar-refractivity contribution is 0.137. The van der Waals surface area contributed by atoms with E-state index in [9.17, 15) is 0 Å². The van der Waals surface area contributed by atoms with Gasteiger partial charge in [0.15, 0.2) is 0 Å². The van der Waals surface area contributed by atoms with E-state index in [1.807, 2.05) is 0 Å². The summed E-state index contributed by atoms with van der Waals surface area (Å²) in [5, 5.41) is 0. The fourth-order valence-corrected chi connectivity index (χ4v) is 12.9. The largest absolute Gasteiger partial charge is 0.272 e. The molecule has 0 spiro atoms. The molecule has 9 heteroatoms. The van der Waals surface area contributed by atoms with Crippen molar-refractivity contribution in [3.8, 4) is 0 Å². The molecular formula is C21H42N3O3P3. The second-order valence-corrected chi connectivity index (χ2v) is 14.8. The minimum absolute atomic E-state index is 0.513. The normalized spacial score (nSPS) is 48.0. The monoisotopic (exact) mass is 477 g/mol. The Hall–Kier alpha value is 1.05. The minimum Gasteiger partial charge on any atom is -0.256 e. The maximum Gasteiger partial charge on any atom is 0.272 e. The van der Waals surface area contributed by atoms with E-state index in [1.165, 1.54) is 57.8 Å². The first-order valence-corrected chi connectivity index (χ1v) is 15.5. The molecule has 4 fully saturated rings. The number of hydrogen-bond acceptors (Lipinski definition) is 6. The molecule has 174 valence electrons. The average molecular weight is 478 g/mol. The molecule has 0 aliphatic carbocycles. The van der Waals surface area contributed by atoms with Crippen molar-refractivity contribution in [2.75, 3.05) is 0 Å². The molecule has 4 rings (SSSR count). The highest BCUT2D eigenvalue weighted by Crippen LogP contribution is 2.77. The van der Waals surface area contributed by atoms with Gasteiger partial charge in [-0.3, -0.25) is 12.9 Å². The molecule has 0 bridgehead atoms. The molecule has 0 unspecified atom stereocenters. The van der Waals surface area contributed by atoms with Crippen molar-refractivity contribution >= 4 is 25.6 Å². The third-order valence-electron chi connectivity index (χ3n) is 7.43. The van der Waals surface area contributed by atoms with E-state index in [-0.39, 0.29) is 0 Å². The van der Waals surface area contributed by atoms with Gasteiger partial charge in [0.25, 0.3) is 25.6 Å². The molecule has 0 radical (unpaired) electrons. The van der Waals surface area contributed by atoms with Crippen LogP contribution in [0.4, 0.5) is 0 Å². The van der Waals surface area contributed by atoms with Gasteiger partial charge in [-0.2, -0.15) is 0 Å². The molecule has 30 heavy (non-hydrogen) atoms. The van der Waals surface area contributed by atoms with Crippen LogP contribution in [0, 0.1) is 0 Å². The van der Waals surface area contributed by atoms with Gasteiger partial charge in [0.05, 0.1) is 0 Å². The van der Waals surface area contributed by atoms with E-state index in [4.69, 9.17) is 12.9 Å². The molecule has 0 aromatic heterocycles. The van der Waals surface area contributed by atoms with Gasteiger partial charge in [-0.1, -0.05) is 19.3 Å². The second kappa shape index (κ2) is 10.5. The zero-order chi connectivity index (χ0) is 21.4. The zero-order valence-electron chi connectivity index (χ0n) is 19.7. The highest BCUT2D eigenvalue weighted by Gasteiger charge is 2.49. The topological polar surface area (TPSA) is 37.4 Å². The highest BCUT2D eigenvalue weighted by molar-refractivity contribution is 7.71. The van der Waals surface area contributed by atoms with Gasteiger partial charge in [0.1, 0.15) is 0 Å². The molecule has 0 N–H and O–H groups in total. The van der Waals surface area contributed by atoms with Gasteiger partial charge in [-0.15, -0.1) is 0 Å². The number of nitrogens with zero attached hydrogens (tertiary/aromatic N) is 3. The van der Waals surface area contributed by atoms with Crippen LogP contribution in [0.5, 0.6) is 0 Å². The third kappa shape index (κ3) is 5.08. The Morgan fingerprint density at radius 2 is 0.633 bits per heavy atom. The minimum atomic E-state index is -1.09. The van der Waals surface area contributed by atoms with Crippen molar-refractivity contribution in [2.24, 2.45) is 0 Å². The van der Waals surface area contributed by atoms with Crippen LogP contribution in [0.25, 0.3) is 0 Å². The van der Waals surface area contributed by atoms with Gasteiger partial charge in [-0.25, -0.2) is 14.0 Å². The fourth-order valence-electron chi connectivity index (χ4n) is 5.67. The van der Waals surface area contributed by atoms with Crippen LogP contribution in [0.15, 0.2) is 0 Å². The Bertz CT molecular complexity index is 465. The van der Waals surface area contributed by atoms with Crippen molar-refractivity contribution in [2.45, 2.75) is 136 Å². The van der Waals surface area contributed by atoms with Crippen LogP contribution in [-0.2, 0) is 12.9 Å². The lowest BCUT2D eigenvalue weighted by Gasteiger charge is -2.52. The number of piperidine rings is 3. The molecule has 4 aliphatic rings. The lowest BCUT2D eigenvalue weighted by atomic mass is 10.0. The van der Waals surface area contributed by atoms with Crippen LogP contribution >= 0.6 is 25.6 Å². The van der Waals surface area contributed by atoms with Crippen molar-refractivity contribution in [1.82, 2.24) is 14.0 Å². The van der Waals surface area contributed by atoms with E-state index in [1.54, 1.807) is 0 Å². The summed E-state index contributed by atoms with van der Waals surface area (Å²) >= 11 is 0. The summed E-state index contributed by atoms with van der Waals surface area (Å²) in [6, 6.07) is 3.08. The molecule has 6 nitrogen and oxygen atoms in total. The van der Waals surface area contributed by atoms with E-state index >= 15 is 0 Å². The molecule has 6 atom stereocenters. The predicted octanol–water partition coefficient (Wildman–Crippen LogP) is 7.52. The summed E-state index contributed by atoms with van der Waals surface area (Å²) in [7, 11) is -3.27. The second-order valence-electron chi connectivity index (χ2n) is 9.99. The Labute approximate surface area is 188 Å². The van der Waals surface area contributed by atoms with Crippen LogP contribution in [0.3, 0.4) is 0 Å². The maximum absolute atomic E-state index is 6.77. The Morgan fingerprint density at radius 3 is 0.833 bits per heavy atom. The summed E-state index contributed by atoms with van der Waals surface area (Å²) in [4.78, 5) is 0. The number of rotatable bonds is 3. The third-order valence-corrected chi connectivity index (χ3v) is 14.3. The van der Waals surface area contributed by atoms with Crippen LogP contribution in [0.1, 0.15) is 99.3 Å². The molecule has 0 amide bonds. The quantitative estimate of drug-likeness (QED) is 0.392. The number of hydrogen-bond donors (Lipinski definition) is 0. The Kier molecular flexibility index (Phi) is 8.50. The summed E-state index contributed by atoms with van der Waals surface area (Å²) in [5.74, 6) is 0. The van der Waals surface area contributed by atoms with E-state index in [0.29, 0.717) is 36.3 Å². The lowest BCUT2D eigenvalue weighted by Crippen LogP contribution is -2.45. The molecular weight excluding hydrogens is 435 g/mol. The Morgan fingerprint density at radius 1 is 0.433 bits per heavy atom. The van der Waals surface area contributed by atoms with Gasteiger partial charge in [0.2, 0.25) is 0 Å². The predicted molar refractivity (Wildman–Crippen MR) is 128 cm³/mol. The van der Waals surface area contributed by atoms with Crippen LogP contribution in [0.2, 0.25) is 0 Å². The standard InChI is InChI=1S/C21H42N3O3P3/c1-16-10-7-11-17(2)22(16)28-25-29(23-18(3)12-8-13-19(23)4)27-30(26-28)24-20(5)14-9-15-21(24)6/h16-21H,7-15H2,1-6H3/t16-,17+,18-,19+,20-,21+,28?,29?,30?. The average Bonchev–Trinajstić information content (AvgIpc) is 2.67. The molecule has 4 saturated heterocycles. The Balaban J connectivity index is 1.60. The van der Waals surface area contributed by atoms with E-state index in [0.717, 1.165) is 0 Å². The van der Waals surface area contributed by atoms with Crippen molar-refractivity contribution in [3.05, 3.63) is 0 Å². The zero-order valence-corrected chi connectivity index (χ0v) is 22.4. The van der Waals surface area contributed by atoms with Crippen molar-refractivity contribution in [1.29, 1.82) is 0 Å². The first-order valence-electron chi connectivity index (χ1n) is 12.2. The van der Waals surface area contributed by atoms with Crippen molar-refractivity contribution in [3.63, 3.8) is 0 Å². The first kappa shape index (κ1) is 24.2. The van der Waals surface area contributed by atoms with Gasteiger partial charge in [0, 0.05) is 36.3 Å². The molecule has 0 aromatic rings. The fraction of sp³-hybridized carbons (Fsp3) is 1.00. The summed E-state index contributed by atoms with van der Waals surface area (Å²) in [5.41, 5.74) is 0. The summed E-state index contributed by atoms with van der Waals surface area (Å²) in [6.07, 6.45) is 11.3. The van der Waals surface area contributed by atoms with Gasteiger partial charge in [-0.05, 0) is 80.1 Å². The maximum atomic E-state index is 6.77. The smallest absolute Gasteiger partial charge is 0.256 e.